The summed E-state index contributed by atoms with van der Waals surface area (Å²) in [6.07, 6.45) is 9.08. The number of nitrogens with zero attached hydrogens (tertiary/aromatic N) is 2. The van der Waals surface area contributed by atoms with Gasteiger partial charge in [0.15, 0.2) is 5.82 Å². The molecular weight excluding hydrogens is 378 g/mol. The minimum Gasteiger partial charge on any atom is -0.507 e. The lowest BCUT2D eigenvalue weighted by Gasteiger charge is -2.32. The van der Waals surface area contributed by atoms with Crippen LogP contribution in [-0.2, 0) is 11.2 Å². The second-order valence-corrected chi connectivity index (χ2v) is 9.47. The Bertz CT molecular complexity index is 974. The van der Waals surface area contributed by atoms with Crippen LogP contribution < -0.4 is 5.32 Å². The highest BCUT2D eigenvalue weighted by Gasteiger charge is 2.39. The van der Waals surface area contributed by atoms with Crippen molar-refractivity contribution in [3.05, 3.63) is 34.9 Å². The van der Waals surface area contributed by atoms with E-state index in [2.05, 4.69) is 21.6 Å². The Hall–Kier alpha value is -2.18. The normalized spacial score (nSPS) is 30.2. The predicted octanol–water partition coefficient (Wildman–Crippen LogP) is 4.22. The van der Waals surface area contributed by atoms with Gasteiger partial charge in [0.25, 0.3) is 0 Å². The topological polar surface area (TPSA) is 87.5 Å². The molecule has 30 heavy (non-hydrogen) atoms. The molecule has 2 aliphatic heterocycles. The van der Waals surface area contributed by atoms with Crippen LogP contribution in [0.4, 0.5) is 5.82 Å². The van der Waals surface area contributed by atoms with Gasteiger partial charge in [-0.2, -0.15) is 0 Å². The van der Waals surface area contributed by atoms with Crippen molar-refractivity contribution in [3.8, 4) is 17.0 Å². The van der Waals surface area contributed by atoms with Gasteiger partial charge in [-0.05, 0) is 67.7 Å². The molecule has 2 saturated carbocycles. The molecule has 3 fully saturated rings. The summed E-state index contributed by atoms with van der Waals surface area (Å²) in [5, 5.41) is 33.9. The van der Waals surface area contributed by atoms with E-state index in [-0.39, 0.29) is 30.1 Å². The van der Waals surface area contributed by atoms with E-state index >= 15 is 0 Å². The van der Waals surface area contributed by atoms with Crippen LogP contribution in [-0.4, -0.2) is 38.7 Å². The zero-order chi connectivity index (χ0) is 20.2. The minimum absolute atomic E-state index is 0.00774. The van der Waals surface area contributed by atoms with E-state index in [4.69, 9.17) is 4.74 Å². The summed E-state index contributed by atoms with van der Waals surface area (Å²) in [6.45, 7) is 0. The van der Waals surface area contributed by atoms with Crippen molar-refractivity contribution in [1.82, 2.24) is 10.2 Å². The number of phenols is 1. The van der Waals surface area contributed by atoms with Gasteiger partial charge in [-0.1, -0.05) is 18.9 Å². The number of aliphatic hydroxyl groups excluding tert-OH is 1. The SMILES string of the molecule is Oc1cc(C2CC2)ccc1-c1nnc(N[C@@H]2CCCC[C@H]2O)c2c1C[C@@H]1CC[C@H]2O1. The number of rotatable bonds is 4. The lowest BCUT2D eigenvalue weighted by atomic mass is 9.91. The predicted molar refractivity (Wildman–Crippen MR) is 114 cm³/mol. The fraction of sp³-hybridized carbons (Fsp3) is 0.583. The van der Waals surface area contributed by atoms with Crippen molar-refractivity contribution in [3.63, 3.8) is 0 Å². The Morgan fingerprint density at radius 1 is 1.00 bits per heavy atom. The first-order chi connectivity index (χ1) is 14.7. The number of anilines is 1. The molecule has 3 heterocycles. The van der Waals surface area contributed by atoms with Crippen molar-refractivity contribution >= 4 is 5.82 Å². The number of aromatic hydroxyl groups is 1. The number of hydrogen-bond acceptors (Lipinski definition) is 6. The van der Waals surface area contributed by atoms with Gasteiger partial charge in [-0.25, -0.2) is 0 Å². The molecule has 6 nitrogen and oxygen atoms in total. The first-order valence-electron chi connectivity index (χ1n) is 11.5. The Balaban J connectivity index is 1.41. The molecule has 2 aromatic rings. The summed E-state index contributed by atoms with van der Waals surface area (Å²) in [5.74, 6) is 1.64. The molecule has 4 atom stereocenters. The highest BCUT2D eigenvalue weighted by atomic mass is 16.5. The fourth-order valence-electron chi connectivity index (χ4n) is 5.53. The monoisotopic (exact) mass is 407 g/mol. The highest BCUT2D eigenvalue weighted by Crippen LogP contribution is 2.48. The van der Waals surface area contributed by atoms with Crippen LogP contribution in [0.3, 0.4) is 0 Å². The molecule has 0 unspecified atom stereocenters. The van der Waals surface area contributed by atoms with Gasteiger partial charge in [0, 0.05) is 17.5 Å². The summed E-state index contributed by atoms with van der Waals surface area (Å²) in [6, 6.07) is 6.04. The van der Waals surface area contributed by atoms with Crippen molar-refractivity contribution in [2.45, 2.75) is 88.1 Å². The molecule has 2 aliphatic carbocycles. The van der Waals surface area contributed by atoms with Gasteiger partial charge in [0.05, 0.1) is 24.4 Å². The Morgan fingerprint density at radius 3 is 2.67 bits per heavy atom. The third-order valence-electron chi connectivity index (χ3n) is 7.35. The van der Waals surface area contributed by atoms with Crippen LogP contribution in [0.1, 0.15) is 80.1 Å². The average molecular weight is 408 g/mol. The third-order valence-corrected chi connectivity index (χ3v) is 7.35. The standard InChI is InChI=1S/C24H29N3O3/c28-19-4-2-1-3-18(19)25-24-22-17(12-15-8-10-21(22)30-15)23(26-27-24)16-9-7-14(11-20(16)29)13-5-6-13/h7,9,11,13,15,18-19,21,28-29H,1-6,8,10,12H2,(H,25,27)/t15-,18+,19+,21+/m0/s1. The number of benzene rings is 1. The van der Waals surface area contributed by atoms with E-state index in [1.54, 1.807) is 0 Å². The van der Waals surface area contributed by atoms with Gasteiger partial charge in [-0.3, -0.25) is 0 Å². The Kier molecular flexibility index (Phi) is 4.46. The number of aliphatic hydroxyl groups is 1. The molecule has 0 radical (unpaired) electrons. The maximum Gasteiger partial charge on any atom is 0.155 e. The molecule has 6 rings (SSSR count). The number of ether oxygens (including phenoxy) is 1. The van der Waals surface area contributed by atoms with Crippen molar-refractivity contribution in [1.29, 1.82) is 0 Å². The third kappa shape index (κ3) is 3.17. The van der Waals surface area contributed by atoms with Gasteiger partial charge in [0.1, 0.15) is 11.4 Å². The van der Waals surface area contributed by atoms with Crippen LogP contribution in [0.2, 0.25) is 0 Å². The van der Waals surface area contributed by atoms with Crippen LogP contribution in [0, 0.1) is 0 Å². The van der Waals surface area contributed by atoms with Crippen molar-refractivity contribution < 1.29 is 14.9 Å². The van der Waals surface area contributed by atoms with Gasteiger partial charge >= 0.3 is 0 Å². The summed E-state index contributed by atoms with van der Waals surface area (Å²) in [5.41, 5.74) is 4.97. The molecule has 4 aliphatic rings. The first-order valence-corrected chi connectivity index (χ1v) is 11.5. The lowest BCUT2D eigenvalue weighted by Crippen LogP contribution is -2.37. The number of hydrogen-bond donors (Lipinski definition) is 3. The summed E-state index contributed by atoms with van der Waals surface area (Å²) in [4.78, 5) is 0. The Labute approximate surface area is 176 Å². The van der Waals surface area contributed by atoms with Gasteiger partial charge in [0.2, 0.25) is 0 Å². The molecule has 1 saturated heterocycles. The van der Waals surface area contributed by atoms with E-state index in [9.17, 15) is 10.2 Å². The van der Waals surface area contributed by atoms with Gasteiger partial charge < -0.3 is 20.3 Å². The lowest BCUT2D eigenvalue weighted by molar-refractivity contribution is 0.0324. The van der Waals surface area contributed by atoms with E-state index < -0.39 is 0 Å². The zero-order valence-electron chi connectivity index (χ0n) is 17.2. The maximum atomic E-state index is 10.8. The number of fused-ring (bicyclic) bond motifs is 4. The smallest absolute Gasteiger partial charge is 0.155 e. The number of aromatic nitrogens is 2. The van der Waals surface area contributed by atoms with Crippen LogP contribution in [0.5, 0.6) is 5.75 Å². The van der Waals surface area contributed by atoms with Gasteiger partial charge in [-0.15, -0.1) is 10.2 Å². The van der Waals surface area contributed by atoms with Crippen molar-refractivity contribution in [2.24, 2.45) is 0 Å². The summed E-state index contributed by atoms with van der Waals surface area (Å²) < 4.78 is 6.23. The molecule has 158 valence electrons. The summed E-state index contributed by atoms with van der Waals surface area (Å²) >= 11 is 0. The molecule has 3 N–H and O–H groups in total. The second kappa shape index (κ2) is 7.20. The van der Waals surface area contributed by atoms with E-state index in [0.717, 1.165) is 73.1 Å². The summed E-state index contributed by atoms with van der Waals surface area (Å²) in [7, 11) is 0. The molecule has 1 aromatic carbocycles. The Morgan fingerprint density at radius 2 is 1.87 bits per heavy atom. The zero-order valence-corrected chi connectivity index (χ0v) is 17.2. The maximum absolute atomic E-state index is 10.8. The molecular formula is C24H29N3O3. The van der Waals surface area contributed by atoms with Crippen LogP contribution >= 0.6 is 0 Å². The molecule has 1 aromatic heterocycles. The second-order valence-electron chi connectivity index (χ2n) is 9.47. The molecule has 0 spiro atoms. The largest absolute Gasteiger partial charge is 0.507 e. The average Bonchev–Trinajstić information content (AvgIpc) is 3.53. The van der Waals surface area contributed by atoms with Crippen LogP contribution in [0.25, 0.3) is 11.3 Å². The highest BCUT2D eigenvalue weighted by molar-refractivity contribution is 5.73. The molecule has 6 heteroatoms. The fourth-order valence-corrected chi connectivity index (χ4v) is 5.53. The molecule has 0 amide bonds. The van der Waals surface area contributed by atoms with Crippen molar-refractivity contribution in [2.75, 3.05) is 5.32 Å². The van der Waals surface area contributed by atoms with Crippen LogP contribution in [0.15, 0.2) is 18.2 Å². The van der Waals surface area contributed by atoms with E-state index in [0.29, 0.717) is 5.92 Å². The van der Waals surface area contributed by atoms with E-state index in [1.807, 2.05) is 12.1 Å². The quantitative estimate of drug-likeness (QED) is 0.703. The first kappa shape index (κ1) is 18.6. The number of nitrogens with one attached hydrogen (secondary N) is 1. The minimum atomic E-state index is -0.351. The van der Waals surface area contributed by atoms with E-state index in [1.165, 1.54) is 18.4 Å². The number of phenolic OH excluding ortho intramolecular Hbond substituents is 1. The molecule has 2 bridgehead atoms.